The first-order valence-corrected chi connectivity index (χ1v) is 8.94. The van der Waals surface area contributed by atoms with Gasteiger partial charge in [-0.3, -0.25) is 0 Å². The third-order valence-electron chi connectivity index (χ3n) is 5.69. The zero-order valence-electron chi connectivity index (χ0n) is 14.3. The Hall–Kier alpha value is -0.0800. The highest BCUT2D eigenvalue weighted by atomic mass is 15.1. The van der Waals surface area contributed by atoms with Crippen molar-refractivity contribution in [3.63, 3.8) is 0 Å². The summed E-state index contributed by atoms with van der Waals surface area (Å²) in [5, 5.41) is 3.75. The molecule has 2 atom stereocenters. The van der Waals surface area contributed by atoms with Gasteiger partial charge in [-0.05, 0) is 55.5 Å². The minimum Gasteiger partial charge on any atom is -0.316 e. The molecule has 20 heavy (non-hydrogen) atoms. The van der Waals surface area contributed by atoms with E-state index in [0.717, 1.165) is 17.8 Å². The second-order valence-corrected chi connectivity index (χ2v) is 8.21. The van der Waals surface area contributed by atoms with Crippen LogP contribution in [0.1, 0.15) is 59.8 Å². The molecule has 0 aromatic heterocycles. The van der Waals surface area contributed by atoms with E-state index in [1.807, 2.05) is 0 Å². The Kier molecular flexibility index (Phi) is 5.92. The molecule has 0 bridgehead atoms. The molecule has 1 saturated heterocycles. The predicted molar refractivity (Wildman–Crippen MR) is 88.0 cm³/mol. The van der Waals surface area contributed by atoms with Crippen molar-refractivity contribution in [1.82, 2.24) is 10.2 Å². The largest absolute Gasteiger partial charge is 0.316 e. The fraction of sp³-hybridized carbons (Fsp3) is 1.00. The average Bonchev–Trinajstić information content (AvgIpc) is 2.82. The van der Waals surface area contributed by atoms with E-state index in [2.05, 4.69) is 37.9 Å². The third-order valence-corrected chi connectivity index (χ3v) is 5.69. The Labute approximate surface area is 126 Å². The van der Waals surface area contributed by atoms with E-state index in [1.54, 1.807) is 0 Å². The van der Waals surface area contributed by atoms with Gasteiger partial charge in [0, 0.05) is 19.6 Å². The zero-order chi connectivity index (χ0) is 14.6. The molecule has 2 nitrogen and oxygen atoms in total. The van der Waals surface area contributed by atoms with Crippen molar-refractivity contribution in [3.05, 3.63) is 0 Å². The summed E-state index contributed by atoms with van der Waals surface area (Å²) in [6.45, 7) is 15.9. The number of hydrogen-bond acceptors (Lipinski definition) is 2. The van der Waals surface area contributed by atoms with Crippen LogP contribution >= 0.6 is 0 Å². The van der Waals surface area contributed by atoms with E-state index < -0.39 is 0 Å². The minimum atomic E-state index is 0.579. The number of likely N-dealkylation sites (tertiary alicyclic amines) is 1. The summed E-state index contributed by atoms with van der Waals surface area (Å²) in [5.41, 5.74) is 0.579. The first-order valence-electron chi connectivity index (χ1n) is 8.94. The summed E-state index contributed by atoms with van der Waals surface area (Å²) < 4.78 is 0. The van der Waals surface area contributed by atoms with Gasteiger partial charge in [0.05, 0.1) is 0 Å². The molecule has 0 amide bonds. The summed E-state index contributed by atoms with van der Waals surface area (Å²) in [6.07, 6.45) is 7.18. The first kappa shape index (κ1) is 16.3. The van der Waals surface area contributed by atoms with Crippen LogP contribution in [0.5, 0.6) is 0 Å². The van der Waals surface area contributed by atoms with Gasteiger partial charge in [0.25, 0.3) is 0 Å². The van der Waals surface area contributed by atoms with E-state index in [0.29, 0.717) is 5.41 Å². The number of hydrogen-bond donors (Lipinski definition) is 1. The van der Waals surface area contributed by atoms with Gasteiger partial charge in [-0.15, -0.1) is 0 Å². The smallest absolute Gasteiger partial charge is 0.00503 e. The molecule has 1 saturated carbocycles. The molecule has 2 rings (SSSR count). The van der Waals surface area contributed by atoms with Crippen LogP contribution in [-0.2, 0) is 0 Å². The average molecular weight is 280 g/mol. The lowest BCUT2D eigenvalue weighted by Crippen LogP contribution is -2.47. The summed E-state index contributed by atoms with van der Waals surface area (Å²) >= 11 is 0. The summed E-state index contributed by atoms with van der Waals surface area (Å²) in [4.78, 5) is 2.77. The first-order chi connectivity index (χ1) is 9.51. The molecule has 1 aliphatic heterocycles. The van der Waals surface area contributed by atoms with Crippen molar-refractivity contribution >= 4 is 0 Å². The van der Waals surface area contributed by atoms with Gasteiger partial charge in [-0.1, -0.05) is 40.5 Å². The summed E-state index contributed by atoms with van der Waals surface area (Å²) in [7, 11) is 0. The molecule has 1 aliphatic carbocycles. The van der Waals surface area contributed by atoms with Gasteiger partial charge < -0.3 is 10.2 Å². The lowest BCUT2D eigenvalue weighted by Gasteiger charge is -2.41. The molecular weight excluding hydrogens is 244 g/mol. The second kappa shape index (κ2) is 7.26. The van der Waals surface area contributed by atoms with E-state index in [4.69, 9.17) is 0 Å². The van der Waals surface area contributed by atoms with Gasteiger partial charge in [-0.25, -0.2) is 0 Å². The van der Waals surface area contributed by atoms with Crippen molar-refractivity contribution in [2.45, 2.75) is 59.8 Å². The van der Waals surface area contributed by atoms with Crippen LogP contribution in [0.3, 0.4) is 0 Å². The highest BCUT2D eigenvalue weighted by molar-refractivity contribution is 4.91. The van der Waals surface area contributed by atoms with Crippen LogP contribution in [0.2, 0.25) is 0 Å². The van der Waals surface area contributed by atoms with E-state index in [-0.39, 0.29) is 0 Å². The number of rotatable bonds is 6. The molecule has 1 N–H and O–H groups in total. The van der Waals surface area contributed by atoms with Crippen LogP contribution < -0.4 is 5.32 Å². The summed E-state index contributed by atoms with van der Waals surface area (Å²) in [6, 6.07) is 0. The lowest BCUT2D eigenvalue weighted by atomic mass is 9.82. The Morgan fingerprint density at radius 1 is 1.15 bits per heavy atom. The molecular formula is C18H36N2. The van der Waals surface area contributed by atoms with Crippen LogP contribution in [-0.4, -0.2) is 37.6 Å². The van der Waals surface area contributed by atoms with E-state index in [9.17, 15) is 0 Å². The highest BCUT2D eigenvalue weighted by Gasteiger charge is 2.36. The maximum atomic E-state index is 3.75. The van der Waals surface area contributed by atoms with Crippen LogP contribution in [0.4, 0.5) is 0 Å². The topological polar surface area (TPSA) is 15.3 Å². The third kappa shape index (κ3) is 4.46. The molecule has 118 valence electrons. The van der Waals surface area contributed by atoms with Crippen molar-refractivity contribution < 1.29 is 0 Å². The number of nitrogens with one attached hydrogen (secondary N) is 1. The number of piperidine rings is 1. The van der Waals surface area contributed by atoms with Crippen molar-refractivity contribution in [3.8, 4) is 0 Å². The molecule has 0 spiro atoms. The molecule has 2 unspecified atom stereocenters. The van der Waals surface area contributed by atoms with Gasteiger partial charge in [-0.2, -0.15) is 0 Å². The standard InChI is InChI=1S/C18H36N2/c1-15(2)11-19-13-18(8-5-6-9-18)14-20-10-7-16(3)17(4)12-20/h15-17,19H,5-14H2,1-4H3. The summed E-state index contributed by atoms with van der Waals surface area (Å²) in [5.74, 6) is 2.57. The van der Waals surface area contributed by atoms with Crippen LogP contribution in [0, 0.1) is 23.2 Å². The van der Waals surface area contributed by atoms with Crippen molar-refractivity contribution in [1.29, 1.82) is 0 Å². The molecule has 2 aliphatic rings. The zero-order valence-corrected chi connectivity index (χ0v) is 14.3. The Morgan fingerprint density at radius 2 is 1.85 bits per heavy atom. The molecule has 0 aromatic rings. The van der Waals surface area contributed by atoms with Crippen molar-refractivity contribution in [2.24, 2.45) is 23.2 Å². The molecule has 2 heteroatoms. The fourth-order valence-electron chi connectivity index (χ4n) is 4.11. The Balaban J connectivity index is 1.85. The minimum absolute atomic E-state index is 0.579. The van der Waals surface area contributed by atoms with Gasteiger partial charge >= 0.3 is 0 Å². The predicted octanol–water partition coefficient (Wildman–Crippen LogP) is 3.77. The monoisotopic (exact) mass is 280 g/mol. The van der Waals surface area contributed by atoms with Gasteiger partial charge in [0.2, 0.25) is 0 Å². The molecule has 0 aromatic carbocycles. The Morgan fingerprint density at radius 3 is 2.45 bits per heavy atom. The van der Waals surface area contributed by atoms with E-state index in [1.165, 1.54) is 64.8 Å². The lowest BCUT2D eigenvalue weighted by molar-refractivity contribution is 0.0832. The molecule has 0 radical (unpaired) electrons. The van der Waals surface area contributed by atoms with Crippen LogP contribution in [0.25, 0.3) is 0 Å². The normalized spacial score (nSPS) is 31.1. The van der Waals surface area contributed by atoms with Crippen molar-refractivity contribution in [2.75, 3.05) is 32.7 Å². The quantitative estimate of drug-likeness (QED) is 0.797. The second-order valence-electron chi connectivity index (χ2n) is 8.21. The van der Waals surface area contributed by atoms with Gasteiger partial charge in [0.15, 0.2) is 0 Å². The molecule has 1 heterocycles. The number of nitrogens with zero attached hydrogens (tertiary/aromatic N) is 1. The van der Waals surface area contributed by atoms with E-state index >= 15 is 0 Å². The van der Waals surface area contributed by atoms with Crippen LogP contribution in [0.15, 0.2) is 0 Å². The maximum Gasteiger partial charge on any atom is 0.00503 e. The SMILES string of the molecule is CC(C)CNCC1(CN2CCC(C)C(C)C2)CCCC1. The maximum absolute atomic E-state index is 3.75. The highest BCUT2D eigenvalue weighted by Crippen LogP contribution is 2.39. The fourth-order valence-corrected chi connectivity index (χ4v) is 4.11. The van der Waals surface area contributed by atoms with Gasteiger partial charge in [0.1, 0.15) is 0 Å². The molecule has 2 fully saturated rings. The Bertz CT molecular complexity index is 281.